The molecule has 5 aromatic rings. The van der Waals surface area contributed by atoms with Crippen molar-refractivity contribution in [1.29, 1.82) is 0 Å². The number of hydrogen-bond donors (Lipinski definition) is 2. The Morgan fingerprint density at radius 1 is 0.885 bits per heavy atom. The van der Waals surface area contributed by atoms with E-state index in [1.165, 1.54) is 19.0 Å². The molecule has 0 spiro atoms. The van der Waals surface area contributed by atoms with E-state index in [2.05, 4.69) is 49.5 Å². The van der Waals surface area contributed by atoms with Crippen molar-refractivity contribution in [2.75, 3.05) is 0 Å². The Hall–Kier alpha value is -3.95. The van der Waals surface area contributed by atoms with Crippen molar-refractivity contribution in [2.45, 2.75) is 6.92 Å². The molecule has 132 valence electrons. The summed E-state index contributed by atoms with van der Waals surface area (Å²) in [4.78, 5) is 26.0. The smallest absolute Gasteiger partial charge is 0.181 e. The molecule has 0 aliphatic heterocycles. The van der Waals surface area contributed by atoms with Crippen molar-refractivity contribution in [2.24, 2.45) is 0 Å². The highest BCUT2D eigenvalue weighted by atomic mass is 16.3. The molecule has 0 bridgehead atoms. The van der Waals surface area contributed by atoms with E-state index in [1.54, 1.807) is 49.6 Å². The molecule has 10 nitrogen and oxygen atoms in total. The lowest BCUT2D eigenvalue weighted by molar-refractivity contribution is 0.558. The minimum atomic E-state index is 0.637. The minimum absolute atomic E-state index is 0.637. The van der Waals surface area contributed by atoms with Crippen molar-refractivity contribution >= 4 is 11.2 Å². The zero-order valence-corrected chi connectivity index (χ0v) is 14.0. The van der Waals surface area contributed by atoms with Crippen molar-refractivity contribution < 1.29 is 4.42 Å². The van der Waals surface area contributed by atoms with Crippen LogP contribution in [-0.4, -0.2) is 45.1 Å². The number of H-pyrrole nitrogens is 2. The molecule has 0 amide bonds. The summed E-state index contributed by atoms with van der Waals surface area (Å²) in [6, 6.07) is 1.83. The SMILES string of the molecule is Cc1ncc[nH]1.c1cn[nH]c1.c1cnc2ncncc2n1.c1cocn1. The lowest BCUT2D eigenvalue weighted by Crippen LogP contribution is -1.85. The number of aromatic amines is 2. The van der Waals surface area contributed by atoms with Gasteiger partial charge in [0.15, 0.2) is 12.0 Å². The lowest BCUT2D eigenvalue weighted by atomic mass is 10.5. The second-order valence-corrected chi connectivity index (χ2v) is 4.40. The zero-order valence-electron chi connectivity index (χ0n) is 14.0. The van der Waals surface area contributed by atoms with E-state index < -0.39 is 0 Å². The standard InChI is InChI=1S/C6H4N4.C4H6N2.C3H4N2.C3H3NO/c1-2-9-6-5(8-1)3-7-4-10-6;1-4-5-2-3-6-4;1-2-4-5-3-1;1-2-5-3-4-1/h1-4H;2-3H,1H3,(H,5,6);1-3H,(H,4,5);1-3H. The Labute approximate surface area is 148 Å². The van der Waals surface area contributed by atoms with E-state index in [-0.39, 0.29) is 0 Å². The van der Waals surface area contributed by atoms with Gasteiger partial charge in [-0.05, 0) is 13.0 Å². The largest absolute Gasteiger partial charge is 0.452 e. The van der Waals surface area contributed by atoms with Gasteiger partial charge in [0.1, 0.15) is 23.9 Å². The summed E-state index contributed by atoms with van der Waals surface area (Å²) in [5.41, 5.74) is 1.36. The van der Waals surface area contributed by atoms with Gasteiger partial charge in [-0.15, -0.1) is 0 Å². The summed E-state index contributed by atoms with van der Waals surface area (Å²) in [5, 5.41) is 6.21. The number of imidazole rings is 1. The highest BCUT2D eigenvalue weighted by Crippen LogP contribution is 1.98. The van der Waals surface area contributed by atoms with E-state index in [9.17, 15) is 0 Å². The van der Waals surface area contributed by atoms with Crippen LogP contribution in [0, 0.1) is 6.92 Å². The van der Waals surface area contributed by atoms with Crippen LogP contribution in [0.1, 0.15) is 5.82 Å². The van der Waals surface area contributed by atoms with Gasteiger partial charge in [0.05, 0.1) is 12.4 Å². The third-order valence-electron chi connectivity index (χ3n) is 2.54. The van der Waals surface area contributed by atoms with Gasteiger partial charge in [0, 0.05) is 37.2 Å². The van der Waals surface area contributed by atoms with E-state index in [1.807, 2.05) is 13.0 Å². The number of fused-ring (bicyclic) bond motifs is 1. The molecule has 5 rings (SSSR count). The highest BCUT2D eigenvalue weighted by Gasteiger charge is 1.90. The topological polar surface area (TPSA) is 135 Å². The fraction of sp³-hybridized carbons (Fsp3) is 0.0625. The molecule has 0 saturated heterocycles. The van der Waals surface area contributed by atoms with Gasteiger partial charge in [0.2, 0.25) is 0 Å². The van der Waals surface area contributed by atoms with Crippen molar-refractivity contribution in [3.8, 4) is 0 Å². The molecule has 0 unspecified atom stereocenters. The lowest BCUT2D eigenvalue weighted by Gasteiger charge is -1.89. The summed E-state index contributed by atoms with van der Waals surface area (Å²) in [6.07, 6.45) is 17.8. The summed E-state index contributed by atoms with van der Waals surface area (Å²) in [5.74, 6) is 0.968. The molecule has 10 heteroatoms. The van der Waals surface area contributed by atoms with Crippen molar-refractivity contribution in [3.05, 3.63) is 80.4 Å². The molecule has 0 saturated carbocycles. The van der Waals surface area contributed by atoms with E-state index in [4.69, 9.17) is 0 Å². The first-order valence-electron chi connectivity index (χ1n) is 7.45. The van der Waals surface area contributed by atoms with Gasteiger partial charge < -0.3 is 9.40 Å². The Kier molecular flexibility index (Phi) is 8.18. The summed E-state index contributed by atoms with van der Waals surface area (Å²) < 4.78 is 4.47. The third kappa shape index (κ3) is 7.55. The Morgan fingerprint density at radius 3 is 2.27 bits per heavy atom. The molecular weight excluding hydrogens is 334 g/mol. The number of rotatable bonds is 0. The molecular formula is C16H17N9O. The fourth-order valence-corrected chi connectivity index (χ4v) is 1.46. The number of oxazole rings is 1. The zero-order chi connectivity index (χ0) is 18.3. The van der Waals surface area contributed by atoms with Crippen molar-refractivity contribution in [3.63, 3.8) is 0 Å². The van der Waals surface area contributed by atoms with Gasteiger partial charge >= 0.3 is 0 Å². The van der Waals surface area contributed by atoms with Crippen LogP contribution in [0.2, 0.25) is 0 Å². The number of hydrogen-bond acceptors (Lipinski definition) is 8. The number of nitrogens with zero attached hydrogens (tertiary/aromatic N) is 7. The molecule has 0 atom stereocenters. The fourth-order valence-electron chi connectivity index (χ4n) is 1.46. The van der Waals surface area contributed by atoms with E-state index >= 15 is 0 Å². The normalized spacial score (nSPS) is 8.96. The van der Waals surface area contributed by atoms with Crippen LogP contribution in [0.15, 0.2) is 79.0 Å². The maximum Gasteiger partial charge on any atom is 0.181 e. The van der Waals surface area contributed by atoms with Gasteiger partial charge in [-0.3, -0.25) is 5.10 Å². The summed E-state index contributed by atoms with van der Waals surface area (Å²) >= 11 is 0. The van der Waals surface area contributed by atoms with E-state index in [0.717, 1.165) is 11.3 Å². The number of aromatic nitrogens is 9. The molecule has 5 heterocycles. The molecule has 5 aromatic heterocycles. The molecule has 0 radical (unpaired) electrons. The quantitative estimate of drug-likeness (QED) is 0.433. The summed E-state index contributed by atoms with van der Waals surface area (Å²) in [6.45, 7) is 1.92. The predicted molar refractivity (Wildman–Crippen MR) is 93.5 cm³/mol. The van der Waals surface area contributed by atoms with Crippen LogP contribution < -0.4 is 0 Å². The highest BCUT2D eigenvalue weighted by molar-refractivity contribution is 5.66. The van der Waals surface area contributed by atoms with Crippen molar-refractivity contribution in [1.82, 2.24) is 45.1 Å². The van der Waals surface area contributed by atoms with Crippen LogP contribution in [0.5, 0.6) is 0 Å². The molecule has 0 fully saturated rings. The molecule has 2 N–H and O–H groups in total. The first kappa shape index (κ1) is 18.4. The molecule has 26 heavy (non-hydrogen) atoms. The van der Waals surface area contributed by atoms with Gasteiger partial charge in [-0.1, -0.05) is 0 Å². The van der Waals surface area contributed by atoms with Gasteiger partial charge in [-0.2, -0.15) is 5.10 Å². The number of aryl methyl sites for hydroxylation is 1. The summed E-state index contributed by atoms with van der Waals surface area (Å²) in [7, 11) is 0. The average molecular weight is 351 g/mol. The Balaban J connectivity index is 0.000000132. The maximum atomic E-state index is 4.47. The minimum Gasteiger partial charge on any atom is -0.452 e. The second kappa shape index (κ2) is 11.6. The third-order valence-corrected chi connectivity index (χ3v) is 2.54. The maximum absolute atomic E-state index is 4.47. The first-order chi connectivity index (χ1) is 12.9. The first-order valence-corrected chi connectivity index (χ1v) is 7.45. The molecule has 0 aliphatic rings. The van der Waals surface area contributed by atoms with E-state index in [0.29, 0.717) is 5.65 Å². The van der Waals surface area contributed by atoms with Crippen LogP contribution >= 0.6 is 0 Å². The second-order valence-electron chi connectivity index (χ2n) is 4.40. The van der Waals surface area contributed by atoms with Crippen LogP contribution in [0.3, 0.4) is 0 Å². The van der Waals surface area contributed by atoms with Gasteiger partial charge in [0.25, 0.3) is 0 Å². The van der Waals surface area contributed by atoms with Gasteiger partial charge in [-0.25, -0.2) is 29.9 Å². The Bertz CT molecular complexity index is 780. The Morgan fingerprint density at radius 2 is 1.81 bits per heavy atom. The molecule has 0 aromatic carbocycles. The average Bonchev–Trinajstić information content (AvgIpc) is 3.48. The predicted octanol–water partition coefficient (Wildman–Crippen LogP) is 2.22. The monoisotopic (exact) mass is 351 g/mol. The number of nitrogens with one attached hydrogen (secondary N) is 2. The molecule has 0 aliphatic carbocycles. The van der Waals surface area contributed by atoms with Crippen LogP contribution in [0.25, 0.3) is 11.2 Å². The van der Waals surface area contributed by atoms with Crippen LogP contribution in [0.4, 0.5) is 0 Å². The van der Waals surface area contributed by atoms with Crippen LogP contribution in [-0.2, 0) is 0 Å².